The van der Waals surface area contributed by atoms with Gasteiger partial charge in [0.2, 0.25) is 0 Å². The third kappa shape index (κ3) is 2.57. The average molecular weight is 289 g/mol. The van der Waals surface area contributed by atoms with Crippen molar-refractivity contribution in [2.75, 3.05) is 19.0 Å². The third-order valence-corrected chi connectivity index (χ3v) is 3.36. The van der Waals surface area contributed by atoms with E-state index < -0.39 is 0 Å². The zero-order valence-corrected chi connectivity index (χ0v) is 12.4. The lowest BCUT2D eigenvalue weighted by atomic mass is 10.1. The van der Waals surface area contributed by atoms with Crippen LogP contribution in [0.2, 0.25) is 0 Å². The van der Waals surface area contributed by atoms with Crippen LogP contribution in [0.25, 0.3) is 10.9 Å². The number of para-hydroxylation sites is 1. The summed E-state index contributed by atoms with van der Waals surface area (Å²) in [4.78, 5) is 6.26. The van der Waals surface area contributed by atoms with E-state index in [1.807, 2.05) is 67.5 Å². The molecule has 0 N–H and O–H groups in total. The van der Waals surface area contributed by atoms with Gasteiger partial charge in [0.25, 0.3) is 0 Å². The summed E-state index contributed by atoms with van der Waals surface area (Å²) in [5, 5.41) is 10.2. The predicted octanol–water partition coefficient (Wildman–Crippen LogP) is 3.96. The van der Waals surface area contributed by atoms with Gasteiger partial charge in [-0.1, -0.05) is 18.2 Å². The molecule has 0 spiro atoms. The smallest absolute Gasteiger partial charge is 0.128 e. The fourth-order valence-electron chi connectivity index (χ4n) is 2.41. The van der Waals surface area contributed by atoms with E-state index in [0.29, 0.717) is 5.56 Å². The summed E-state index contributed by atoms with van der Waals surface area (Å²) in [7, 11) is 3.83. The molecule has 22 heavy (non-hydrogen) atoms. The molecular weight excluding hydrogens is 274 g/mol. The van der Waals surface area contributed by atoms with Crippen molar-refractivity contribution < 1.29 is 4.74 Å². The summed E-state index contributed by atoms with van der Waals surface area (Å²) < 4.78 is 5.87. The van der Waals surface area contributed by atoms with Crippen molar-refractivity contribution >= 4 is 16.6 Å². The van der Waals surface area contributed by atoms with Crippen molar-refractivity contribution in [1.82, 2.24) is 4.98 Å². The van der Waals surface area contributed by atoms with Crippen LogP contribution in [0.4, 0.5) is 5.69 Å². The van der Waals surface area contributed by atoms with Crippen LogP contribution in [-0.4, -0.2) is 19.1 Å². The number of nitrogens with zero attached hydrogens (tertiary/aromatic N) is 3. The Morgan fingerprint density at radius 3 is 2.50 bits per heavy atom. The van der Waals surface area contributed by atoms with Crippen molar-refractivity contribution in [3.63, 3.8) is 0 Å². The monoisotopic (exact) mass is 289 g/mol. The molecular formula is C18H15N3O. The number of nitriles is 1. The summed E-state index contributed by atoms with van der Waals surface area (Å²) in [6, 6.07) is 17.5. The van der Waals surface area contributed by atoms with E-state index >= 15 is 0 Å². The van der Waals surface area contributed by atoms with Gasteiger partial charge in [-0.25, -0.2) is 0 Å². The Morgan fingerprint density at radius 1 is 1.05 bits per heavy atom. The fraction of sp³-hybridized carbons (Fsp3) is 0.111. The molecule has 0 fully saturated rings. The first-order valence-corrected chi connectivity index (χ1v) is 6.92. The maximum atomic E-state index is 9.28. The normalized spacial score (nSPS) is 10.2. The van der Waals surface area contributed by atoms with E-state index in [1.165, 1.54) is 0 Å². The first-order valence-electron chi connectivity index (χ1n) is 6.92. The number of benzene rings is 2. The molecule has 0 radical (unpaired) electrons. The van der Waals surface area contributed by atoms with E-state index in [9.17, 15) is 5.26 Å². The molecule has 2 aromatic carbocycles. The van der Waals surface area contributed by atoms with Crippen LogP contribution in [0.5, 0.6) is 11.5 Å². The zero-order valence-electron chi connectivity index (χ0n) is 12.4. The number of fused-ring (bicyclic) bond motifs is 1. The van der Waals surface area contributed by atoms with Crippen molar-refractivity contribution in [3.8, 4) is 17.6 Å². The Balaban J connectivity index is 2.12. The molecule has 0 aliphatic carbocycles. The van der Waals surface area contributed by atoms with Crippen LogP contribution >= 0.6 is 0 Å². The molecule has 4 nitrogen and oxygen atoms in total. The van der Waals surface area contributed by atoms with Gasteiger partial charge in [-0.2, -0.15) is 5.26 Å². The Labute approximate surface area is 129 Å². The number of hydrogen-bond acceptors (Lipinski definition) is 4. The van der Waals surface area contributed by atoms with Crippen molar-refractivity contribution in [2.45, 2.75) is 0 Å². The Kier molecular flexibility index (Phi) is 3.63. The van der Waals surface area contributed by atoms with Crippen LogP contribution in [0, 0.1) is 11.3 Å². The highest BCUT2D eigenvalue weighted by molar-refractivity contribution is 5.95. The molecule has 0 bridgehead atoms. The Bertz CT molecular complexity index is 851. The van der Waals surface area contributed by atoms with E-state index in [0.717, 1.165) is 28.1 Å². The van der Waals surface area contributed by atoms with E-state index in [1.54, 1.807) is 6.20 Å². The molecule has 0 amide bonds. The molecule has 4 heteroatoms. The molecule has 3 rings (SSSR count). The molecule has 108 valence electrons. The molecule has 0 aliphatic heterocycles. The maximum Gasteiger partial charge on any atom is 0.128 e. The third-order valence-electron chi connectivity index (χ3n) is 3.36. The predicted molar refractivity (Wildman–Crippen MR) is 87.3 cm³/mol. The number of anilines is 1. The summed E-state index contributed by atoms with van der Waals surface area (Å²) >= 11 is 0. The lowest BCUT2D eigenvalue weighted by molar-refractivity contribution is 0.483. The van der Waals surface area contributed by atoms with Gasteiger partial charge in [-0.3, -0.25) is 4.98 Å². The summed E-state index contributed by atoms with van der Waals surface area (Å²) in [5.74, 6) is 1.50. The van der Waals surface area contributed by atoms with Gasteiger partial charge in [0.05, 0.1) is 16.8 Å². The number of hydrogen-bond donors (Lipinski definition) is 0. The number of ether oxygens (including phenoxy) is 1. The Hall–Kier alpha value is -3.06. The second-order valence-corrected chi connectivity index (χ2v) is 5.12. The molecule has 0 aliphatic rings. The van der Waals surface area contributed by atoms with Gasteiger partial charge in [-0.05, 0) is 30.3 Å². The molecule has 1 aromatic heterocycles. The highest BCUT2D eigenvalue weighted by Gasteiger charge is 2.11. The number of pyridine rings is 1. The molecule has 1 heterocycles. The highest BCUT2D eigenvalue weighted by atomic mass is 16.5. The first-order chi connectivity index (χ1) is 10.7. The van der Waals surface area contributed by atoms with Crippen LogP contribution < -0.4 is 9.64 Å². The van der Waals surface area contributed by atoms with Crippen LogP contribution in [-0.2, 0) is 0 Å². The minimum absolute atomic E-state index is 0.550. The maximum absolute atomic E-state index is 9.28. The summed E-state index contributed by atoms with van der Waals surface area (Å²) in [6.07, 6.45) is 1.61. The standard InChI is InChI=1S/C18H15N3O/c1-21(2)18-13(11-19)12-20-17-9-8-15(10-16(17)18)22-14-6-4-3-5-7-14/h3-10,12H,1-2H3. The van der Waals surface area contributed by atoms with Gasteiger partial charge in [0, 0.05) is 25.7 Å². The minimum atomic E-state index is 0.550. The molecule has 0 saturated heterocycles. The minimum Gasteiger partial charge on any atom is -0.457 e. The van der Waals surface area contributed by atoms with Crippen molar-refractivity contribution in [1.29, 1.82) is 5.26 Å². The van der Waals surface area contributed by atoms with Crippen molar-refractivity contribution in [3.05, 3.63) is 60.3 Å². The number of aromatic nitrogens is 1. The van der Waals surface area contributed by atoms with Gasteiger partial charge >= 0.3 is 0 Å². The second-order valence-electron chi connectivity index (χ2n) is 5.12. The first kappa shape index (κ1) is 13.9. The van der Waals surface area contributed by atoms with Crippen LogP contribution in [0.3, 0.4) is 0 Å². The van der Waals surface area contributed by atoms with Gasteiger partial charge < -0.3 is 9.64 Å². The average Bonchev–Trinajstić information content (AvgIpc) is 2.54. The van der Waals surface area contributed by atoms with E-state index in [-0.39, 0.29) is 0 Å². The van der Waals surface area contributed by atoms with E-state index in [4.69, 9.17) is 4.74 Å². The summed E-state index contributed by atoms with van der Waals surface area (Å²) in [6.45, 7) is 0. The number of rotatable bonds is 3. The van der Waals surface area contributed by atoms with Crippen molar-refractivity contribution in [2.24, 2.45) is 0 Å². The molecule has 0 saturated carbocycles. The highest BCUT2D eigenvalue weighted by Crippen LogP contribution is 2.32. The van der Waals surface area contributed by atoms with Gasteiger partial charge in [0.1, 0.15) is 17.6 Å². The molecule has 0 atom stereocenters. The largest absolute Gasteiger partial charge is 0.457 e. The van der Waals surface area contributed by atoms with Gasteiger partial charge in [-0.15, -0.1) is 0 Å². The zero-order chi connectivity index (χ0) is 15.5. The van der Waals surface area contributed by atoms with Crippen LogP contribution in [0.15, 0.2) is 54.7 Å². The Morgan fingerprint density at radius 2 is 1.82 bits per heavy atom. The fourth-order valence-corrected chi connectivity index (χ4v) is 2.41. The second kappa shape index (κ2) is 5.74. The van der Waals surface area contributed by atoms with Gasteiger partial charge in [0.15, 0.2) is 0 Å². The lowest BCUT2D eigenvalue weighted by Crippen LogP contribution is -2.11. The van der Waals surface area contributed by atoms with E-state index in [2.05, 4.69) is 11.1 Å². The van der Waals surface area contributed by atoms with Crippen LogP contribution in [0.1, 0.15) is 5.56 Å². The quantitative estimate of drug-likeness (QED) is 0.732. The summed E-state index contributed by atoms with van der Waals surface area (Å²) in [5.41, 5.74) is 2.24. The topological polar surface area (TPSA) is 49.2 Å². The molecule has 3 aromatic rings. The molecule has 0 unspecified atom stereocenters. The SMILES string of the molecule is CN(C)c1c(C#N)cnc2ccc(Oc3ccccc3)cc12. The lowest BCUT2D eigenvalue weighted by Gasteiger charge is -2.17.